The minimum absolute atomic E-state index is 0.330. The maximum absolute atomic E-state index is 11.7. The topological polar surface area (TPSA) is 84.5 Å². The SMILES string of the molecule is O=C(COC(=O)c1ccccc1)NNC(=O)c1ccc(Cl)cc1. The maximum Gasteiger partial charge on any atom is 0.338 e. The standard InChI is InChI=1S/C16H13ClN2O4/c17-13-8-6-11(7-9-13)15(21)19-18-14(20)10-23-16(22)12-4-2-1-3-5-12/h1-9H,10H2,(H,18,20)(H,19,21). The van der Waals surface area contributed by atoms with Crippen molar-refractivity contribution in [1.29, 1.82) is 0 Å². The monoisotopic (exact) mass is 332 g/mol. The summed E-state index contributed by atoms with van der Waals surface area (Å²) in [6.45, 7) is -0.505. The van der Waals surface area contributed by atoms with Crippen LogP contribution in [-0.2, 0) is 9.53 Å². The van der Waals surface area contributed by atoms with E-state index in [1.54, 1.807) is 42.5 Å². The molecule has 0 heterocycles. The fourth-order valence-electron chi connectivity index (χ4n) is 1.62. The van der Waals surface area contributed by atoms with Gasteiger partial charge in [0.1, 0.15) is 0 Å². The van der Waals surface area contributed by atoms with Crippen LogP contribution in [0.1, 0.15) is 20.7 Å². The van der Waals surface area contributed by atoms with Crippen molar-refractivity contribution in [1.82, 2.24) is 10.9 Å². The molecule has 0 aliphatic heterocycles. The van der Waals surface area contributed by atoms with Gasteiger partial charge in [-0.1, -0.05) is 29.8 Å². The Hall–Kier alpha value is -2.86. The van der Waals surface area contributed by atoms with Crippen LogP contribution in [0.5, 0.6) is 0 Å². The number of rotatable bonds is 4. The molecule has 0 aliphatic rings. The van der Waals surface area contributed by atoms with Gasteiger partial charge in [-0.05, 0) is 36.4 Å². The van der Waals surface area contributed by atoms with Gasteiger partial charge < -0.3 is 4.74 Å². The van der Waals surface area contributed by atoms with E-state index in [4.69, 9.17) is 16.3 Å². The molecule has 0 radical (unpaired) electrons. The van der Waals surface area contributed by atoms with Crippen molar-refractivity contribution in [2.75, 3.05) is 6.61 Å². The number of halogens is 1. The van der Waals surface area contributed by atoms with E-state index in [1.807, 2.05) is 0 Å². The molecule has 0 saturated carbocycles. The summed E-state index contributed by atoms with van der Waals surface area (Å²) < 4.78 is 4.82. The highest BCUT2D eigenvalue weighted by molar-refractivity contribution is 6.30. The van der Waals surface area contributed by atoms with Gasteiger partial charge in [0.25, 0.3) is 11.8 Å². The van der Waals surface area contributed by atoms with E-state index in [9.17, 15) is 14.4 Å². The first-order valence-corrected chi connectivity index (χ1v) is 7.01. The van der Waals surface area contributed by atoms with Gasteiger partial charge >= 0.3 is 5.97 Å². The van der Waals surface area contributed by atoms with Crippen LogP contribution in [0, 0.1) is 0 Å². The molecule has 23 heavy (non-hydrogen) atoms. The molecule has 2 amide bonds. The number of carbonyl (C=O) groups is 3. The summed E-state index contributed by atoms with van der Waals surface area (Å²) in [5, 5.41) is 0.499. The third kappa shape index (κ3) is 5.12. The molecule has 2 N–H and O–H groups in total. The van der Waals surface area contributed by atoms with Crippen LogP contribution < -0.4 is 10.9 Å². The van der Waals surface area contributed by atoms with Crippen LogP contribution in [-0.4, -0.2) is 24.4 Å². The highest BCUT2D eigenvalue weighted by Crippen LogP contribution is 2.09. The molecule has 0 aliphatic carbocycles. The Bertz CT molecular complexity index is 702. The number of nitrogens with one attached hydrogen (secondary N) is 2. The summed E-state index contributed by atoms with van der Waals surface area (Å²) in [6.07, 6.45) is 0. The first-order valence-electron chi connectivity index (χ1n) is 6.63. The van der Waals surface area contributed by atoms with E-state index in [0.29, 0.717) is 16.1 Å². The Labute approximate surface area is 137 Å². The minimum Gasteiger partial charge on any atom is -0.452 e. The zero-order valence-corrected chi connectivity index (χ0v) is 12.7. The molecule has 0 spiro atoms. The quantitative estimate of drug-likeness (QED) is 0.662. The van der Waals surface area contributed by atoms with Gasteiger partial charge in [-0.15, -0.1) is 0 Å². The van der Waals surface area contributed by atoms with Crippen molar-refractivity contribution in [2.24, 2.45) is 0 Å². The summed E-state index contributed by atoms with van der Waals surface area (Å²) in [6, 6.07) is 14.4. The zero-order valence-electron chi connectivity index (χ0n) is 11.9. The molecule has 0 saturated heterocycles. The summed E-state index contributed by atoms with van der Waals surface area (Å²) in [5.74, 6) is -1.79. The lowest BCUT2D eigenvalue weighted by molar-refractivity contribution is -0.125. The molecule has 2 aromatic rings. The fourth-order valence-corrected chi connectivity index (χ4v) is 1.75. The van der Waals surface area contributed by atoms with Crippen LogP contribution in [0.3, 0.4) is 0 Å². The molecule has 2 rings (SSSR count). The second-order valence-electron chi connectivity index (χ2n) is 4.45. The molecule has 0 unspecified atom stereocenters. The normalized spacial score (nSPS) is 9.78. The number of hydrogen-bond acceptors (Lipinski definition) is 4. The molecule has 118 valence electrons. The molecule has 2 aromatic carbocycles. The fraction of sp³-hybridized carbons (Fsp3) is 0.0625. The largest absolute Gasteiger partial charge is 0.452 e. The van der Waals surface area contributed by atoms with Gasteiger partial charge in [-0.25, -0.2) is 4.79 Å². The van der Waals surface area contributed by atoms with E-state index >= 15 is 0 Å². The number of carbonyl (C=O) groups excluding carboxylic acids is 3. The second-order valence-corrected chi connectivity index (χ2v) is 4.89. The van der Waals surface area contributed by atoms with Gasteiger partial charge in [0.15, 0.2) is 6.61 Å². The van der Waals surface area contributed by atoms with Crippen molar-refractivity contribution < 1.29 is 19.1 Å². The van der Waals surface area contributed by atoms with E-state index in [1.165, 1.54) is 12.1 Å². The first kappa shape index (κ1) is 16.5. The van der Waals surface area contributed by atoms with Gasteiger partial charge in [0, 0.05) is 10.6 Å². The van der Waals surface area contributed by atoms with Gasteiger partial charge in [-0.2, -0.15) is 0 Å². The van der Waals surface area contributed by atoms with E-state index in [-0.39, 0.29) is 0 Å². The van der Waals surface area contributed by atoms with Crippen molar-refractivity contribution in [2.45, 2.75) is 0 Å². The van der Waals surface area contributed by atoms with Crippen molar-refractivity contribution >= 4 is 29.4 Å². The maximum atomic E-state index is 11.7. The number of ether oxygens (including phenoxy) is 1. The Balaban J connectivity index is 1.76. The highest BCUT2D eigenvalue weighted by Gasteiger charge is 2.11. The van der Waals surface area contributed by atoms with Crippen molar-refractivity contribution in [3.05, 3.63) is 70.7 Å². The number of esters is 1. The van der Waals surface area contributed by atoms with Gasteiger partial charge in [0.2, 0.25) is 0 Å². The minimum atomic E-state index is -0.656. The summed E-state index contributed by atoms with van der Waals surface area (Å²) in [4.78, 5) is 34.9. The molecule has 0 aromatic heterocycles. The Kier molecular flexibility index (Phi) is 5.71. The van der Waals surface area contributed by atoms with Crippen LogP contribution in [0.15, 0.2) is 54.6 Å². The van der Waals surface area contributed by atoms with Crippen LogP contribution in [0.4, 0.5) is 0 Å². The molecule has 0 fully saturated rings. The third-order valence-corrected chi connectivity index (χ3v) is 3.02. The lowest BCUT2D eigenvalue weighted by atomic mass is 10.2. The zero-order chi connectivity index (χ0) is 16.7. The Morgan fingerprint density at radius 3 is 2.17 bits per heavy atom. The van der Waals surface area contributed by atoms with Crippen molar-refractivity contribution in [3.63, 3.8) is 0 Å². The van der Waals surface area contributed by atoms with Gasteiger partial charge in [0.05, 0.1) is 5.56 Å². The number of hydrogen-bond donors (Lipinski definition) is 2. The molecule has 6 nitrogen and oxygen atoms in total. The summed E-state index contributed by atoms with van der Waals surface area (Å²) in [5.41, 5.74) is 5.03. The lowest BCUT2D eigenvalue weighted by Gasteiger charge is -2.08. The Morgan fingerprint density at radius 2 is 1.52 bits per heavy atom. The number of benzene rings is 2. The average molecular weight is 333 g/mol. The number of amides is 2. The van der Waals surface area contributed by atoms with E-state index in [2.05, 4.69) is 10.9 Å². The molecule has 0 atom stereocenters. The predicted octanol–water partition coefficient (Wildman–Crippen LogP) is 1.96. The first-order chi connectivity index (χ1) is 11.1. The molecule has 7 heteroatoms. The van der Waals surface area contributed by atoms with E-state index < -0.39 is 24.4 Å². The van der Waals surface area contributed by atoms with Crippen LogP contribution in [0.2, 0.25) is 5.02 Å². The Morgan fingerprint density at radius 1 is 0.870 bits per heavy atom. The molecular weight excluding hydrogens is 320 g/mol. The van der Waals surface area contributed by atoms with Gasteiger partial charge in [-0.3, -0.25) is 20.4 Å². The third-order valence-electron chi connectivity index (χ3n) is 2.77. The van der Waals surface area contributed by atoms with Crippen LogP contribution in [0.25, 0.3) is 0 Å². The van der Waals surface area contributed by atoms with Crippen molar-refractivity contribution in [3.8, 4) is 0 Å². The lowest BCUT2D eigenvalue weighted by Crippen LogP contribution is -2.43. The van der Waals surface area contributed by atoms with Crippen LogP contribution >= 0.6 is 11.6 Å². The second kappa shape index (κ2) is 7.95. The average Bonchev–Trinajstić information content (AvgIpc) is 2.59. The predicted molar refractivity (Wildman–Crippen MR) is 83.8 cm³/mol. The molecular formula is C16H13ClN2O4. The smallest absolute Gasteiger partial charge is 0.338 e. The number of hydrazine groups is 1. The highest BCUT2D eigenvalue weighted by atomic mass is 35.5. The summed E-state index contributed by atoms with van der Waals surface area (Å²) >= 11 is 5.72. The molecule has 0 bridgehead atoms. The summed E-state index contributed by atoms with van der Waals surface area (Å²) in [7, 11) is 0. The van der Waals surface area contributed by atoms with E-state index in [0.717, 1.165) is 0 Å².